The zero-order valence-electron chi connectivity index (χ0n) is 11.4. The number of nitrogens with zero attached hydrogens (tertiary/aromatic N) is 4. The lowest BCUT2D eigenvalue weighted by Crippen LogP contribution is -2.00. The number of rotatable bonds is 3. The molecular formula is C14H15N5S. The number of aryl methyl sites for hydroxylation is 2. The molecular weight excluding hydrogens is 270 g/mol. The molecule has 0 bridgehead atoms. The Kier molecular flexibility index (Phi) is 3.42. The van der Waals surface area contributed by atoms with E-state index in [0.717, 1.165) is 32.2 Å². The van der Waals surface area contributed by atoms with Gasteiger partial charge >= 0.3 is 0 Å². The normalized spacial score (nSPS) is 11.2. The van der Waals surface area contributed by atoms with Crippen molar-refractivity contribution in [1.82, 2.24) is 19.7 Å². The van der Waals surface area contributed by atoms with Gasteiger partial charge in [0.05, 0.1) is 11.2 Å². The number of aromatic nitrogens is 4. The van der Waals surface area contributed by atoms with E-state index in [1.165, 1.54) is 0 Å². The molecule has 0 aliphatic heterocycles. The second-order valence-electron chi connectivity index (χ2n) is 4.49. The van der Waals surface area contributed by atoms with Crippen LogP contribution in [-0.4, -0.2) is 19.7 Å². The average molecular weight is 285 g/mol. The number of fused-ring (bicyclic) bond motifs is 1. The number of hydrogen-bond donors (Lipinski definition) is 1. The highest BCUT2D eigenvalue weighted by molar-refractivity contribution is 7.99. The van der Waals surface area contributed by atoms with Crippen molar-refractivity contribution in [3.8, 4) is 0 Å². The Hall–Kier alpha value is -1.92. The van der Waals surface area contributed by atoms with Gasteiger partial charge in [0, 0.05) is 24.5 Å². The molecule has 0 spiro atoms. The molecule has 2 heterocycles. The van der Waals surface area contributed by atoms with E-state index in [-0.39, 0.29) is 0 Å². The average Bonchev–Trinajstić information content (AvgIpc) is 2.73. The molecule has 0 saturated heterocycles. The minimum atomic E-state index is 0.477. The fourth-order valence-corrected chi connectivity index (χ4v) is 3.29. The summed E-state index contributed by atoms with van der Waals surface area (Å²) in [6, 6.07) is 7.99. The van der Waals surface area contributed by atoms with Crippen LogP contribution >= 0.6 is 11.8 Å². The van der Waals surface area contributed by atoms with E-state index in [4.69, 9.17) is 5.73 Å². The summed E-state index contributed by atoms with van der Waals surface area (Å²) in [5, 5.41) is 7.43. The predicted octanol–water partition coefficient (Wildman–Crippen LogP) is 2.28. The first kappa shape index (κ1) is 13.1. The Labute approximate surface area is 121 Å². The smallest absolute Gasteiger partial charge is 0.117 e. The van der Waals surface area contributed by atoms with Crippen LogP contribution in [-0.2, 0) is 13.6 Å². The van der Waals surface area contributed by atoms with Gasteiger partial charge in [0.25, 0.3) is 0 Å². The monoisotopic (exact) mass is 285 g/mol. The molecule has 3 rings (SSSR count). The molecule has 0 aliphatic carbocycles. The Morgan fingerprint density at radius 3 is 2.85 bits per heavy atom. The number of para-hydroxylation sites is 1. The predicted molar refractivity (Wildman–Crippen MR) is 79.5 cm³/mol. The van der Waals surface area contributed by atoms with Crippen LogP contribution in [0.1, 0.15) is 11.3 Å². The van der Waals surface area contributed by atoms with Crippen molar-refractivity contribution in [1.29, 1.82) is 0 Å². The van der Waals surface area contributed by atoms with Crippen LogP contribution in [0, 0.1) is 6.92 Å². The number of benzene rings is 1. The van der Waals surface area contributed by atoms with Gasteiger partial charge in [-0.2, -0.15) is 5.10 Å². The van der Waals surface area contributed by atoms with E-state index >= 15 is 0 Å². The molecule has 0 atom stereocenters. The van der Waals surface area contributed by atoms with Crippen LogP contribution < -0.4 is 5.73 Å². The van der Waals surface area contributed by atoms with Crippen molar-refractivity contribution >= 4 is 22.7 Å². The molecule has 3 aromatic rings. The molecule has 0 fully saturated rings. The minimum absolute atomic E-state index is 0.477. The Morgan fingerprint density at radius 1 is 1.25 bits per heavy atom. The molecule has 0 unspecified atom stereocenters. The Balaban J connectivity index is 2.10. The van der Waals surface area contributed by atoms with Gasteiger partial charge < -0.3 is 5.73 Å². The summed E-state index contributed by atoms with van der Waals surface area (Å²) < 4.78 is 1.86. The van der Waals surface area contributed by atoms with E-state index < -0.39 is 0 Å². The molecule has 0 amide bonds. The van der Waals surface area contributed by atoms with Gasteiger partial charge in [-0.25, -0.2) is 9.97 Å². The van der Waals surface area contributed by atoms with Crippen LogP contribution in [0.3, 0.4) is 0 Å². The lowest BCUT2D eigenvalue weighted by molar-refractivity contribution is 0.688. The third-order valence-electron chi connectivity index (χ3n) is 3.19. The zero-order chi connectivity index (χ0) is 14.1. The number of nitrogens with two attached hydrogens (primary N) is 1. The van der Waals surface area contributed by atoms with Crippen LogP contribution in [0.5, 0.6) is 0 Å². The zero-order valence-corrected chi connectivity index (χ0v) is 12.2. The molecule has 0 saturated carbocycles. The van der Waals surface area contributed by atoms with Gasteiger partial charge in [-0.15, -0.1) is 0 Å². The van der Waals surface area contributed by atoms with Gasteiger partial charge in [0.1, 0.15) is 16.4 Å². The summed E-state index contributed by atoms with van der Waals surface area (Å²) in [6.45, 7) is 2.45. The fourth-order valence-electron chi connectivity index (χ4n) is 2.20. The first-order chi connectivity index (χ1) is 9.70. The Bertz CT molecular complexity index is 760. The van der Waals surface area contributed by atoms with Crippen LogP contribution in [0.2, 0.25) is 0 Å². The third-order valence-corrected chi connectivity index (χ3v) is 4.42. The molecule has 5 nitrogen and oxygen atoms in total. The molecule has 0 radical (unpaired) electrons. The number of hydrogen-bond acceptors (Lipinski definition) is 5. The molecule has 0 aliphatic rings. The maximum absolute atomic E-state index is 5.83. The molecule has 1 aromatic carbocycles. The second-order valence-corrected chi connectivity index (χ2v) is 5.47. The van der Waals surface area contributed by atoms with Crippen LogP contribution in [0.4, 0.5) is 0 Å². The largest absolute Gasteiger partial charge is 0.326 e. The van der Waals surface area contributed by atoms with Crippen molar-refractivity contribution in [2.75, 3.05) is 0 Å². The van der Waals surface area contributed by atoms with Crippen molar-refractivity contribution < 1.29 is 0 Å². The van der Waals surface area contributed by atoms with Gasteiger partial charge in [-0.3, -0.25) is 4.68 Å². The van der Waals surface area contributed by atoms with Crippen molar-refractivity contribution in [2.24, 2.45) is 12.8 Å². The summed E-state index contributed by atoms with van der Waals surface area (Å²) in [4.78, 5) is 8.68. The standard InChI is InChI=1S/C14H15N5S/c1-9-11(7-15)14(19(2)18-9)20-13-10-5-3-4-6-12(10)16-8-17-13/h3-6,8H,7,15H2,1-2H3. The summed E-state index contributed by atoms with van der Waals surface area (Å²) in [5.41, 5.74) is 8.81. The highest BCUT2D eigenvalue weighted by Crippen LogP contribution is 2.33. The summed E-state index contributed by atoms with van der Waals surface area (Å²) in [5.74, 6) is 0. The highest BCUT2D eigenvalue weighted by Gasteiger charge is 2.15. The SMILES string of the molecule is Cc1nn(C)c(Sc2ncnc3ccccc23)c1CN. The van der Waals surface area contributed by atoms with E-state index in [2.05, 4.69) is 15.1 Å². The quantitative estimate of drug-likeness (QED) is 0.748. The van der Waals surface area contributed by atoms with E-state index in [1.54, 1.807) is 18.1 Å². The van der Waals surface area contributed by atoms with E-state index in [9.17, 15) is 0 Å². The second kappa shape index (κ2) is 5.22. The maximum atomic E-state index is 5.83. The van der Waals surface area contributed by atoms with Crippen molar-refractivity contribution in [2.45, 2.75) is 23.5 Å². The molecule has 102 valence electrons. The van der Waals surface area contributed by atoms with Crippen molar-refractivity contribution in [3.05, 3.63) is 41.9 Å². The highest BCUT2D eigenvalue weighted by atomic mass is 32.2. The first-order valence-electron chi connectivity index (χ1n) is 6.31. The lowest BCUT2D eigenvalue weighted by atomic mass is 10.2. The van der Waals surface area contributed by atoms with Gasteiger partial charge in [0.2, 0.25) is 0 Å². The van der Waals surface area contributed by atoms with Crippen LogP contribution in [0.15, 0.2) is 40.6 Å². The fraction of sp³-hybridized carbons (Fsp3) is 0.214. The molecule has 6 heteroatoms. The third kappa shape index (κ3) is 2.17. The minimum Gasteiger partial charge on any atom is -0.326 e. The lowest BCUT2D eigenvalue weighted by Gasteiger charge is -2.06. The van der Waals surface area contributed by atoms with Gasteiger partial charge in [-0.1, -0.05) is 18.2 Å². The Morgan fingerprint density at radius 2 is 2.05 bits per heavy atom. The van der Waals surface area contributed by atoms with E-state index in [0.29, 0.717) is 6.54 Å². The molecule has 20 heavy (non-hydrogen) atoms. The topological polar surface area (TPSA) is 69.6 Å². The van der Waals surface area contributed by atoms with Crippen LogP contribution in [0.25, 0.3) is 10.9 Å². The molecule has 2 N–H and O–H groups in total. The summed E-state index contributed by atoms with van der Waals surface area (Å²) in [7, 11) is 1.93. The molecule has 2 aromatic heterocycles. The maximum Gasteiger partial charge on any atom is 0.117 e. The first-order valence-corrected chi connectivity index (χ1v) is 7.12. The summed E-state index contributed by atoms with van der Waals surface area (Å²) >= 11 is 1.59. The van der Waals surface area contributed by atoms with Gasteiger partial charge in [-0.05, 0) is 24.8 Å². The summed E-state index contributed by atoms with van der Waals surface area (Å²) in [6.07, 6.45) is 1.59. The van der Waals surface area contributed by atoms with Crippen molar-refractivity contribution in [3.63, 3.8) is 0 Å². The van der Waals surface area contributed by atoms with E-state index in [1.807, 2.05) is 42.9 Å². The van der Waals surface area contributed by atoms with Gasteiger partial charge in [0.15, 0.2) is 0 Å².